The van der Waals surface area contributed by atoms with Crippen molar-refractivity contribution >= 4 is 17.3 Å². The third kappa shape index (κ3) is 2.41. The zero-order chi connectivity index (χ0) is 12.3. The molecule has 1 amide bonds. The molecule has 1 aromatic carbocycles. The molecule has 4 N–H and O–H groups in total. The second-order valence-electron chi connectivity index (χ2n) is 3.58. The summed E-state index contributed by atoms with van der Waals surface area (Å²) in [6.45, 7) is 2.03. The van der Waals surface area contributed by atoms with Crippen molar-refractivity contribution in [1.82, 2.24) is 15.4 Å². The summed E-state index contributed by atoms with van der Waals surface area (Å²) in [4.78, 5) is 11.7. The first kappa shape index (κ1) is 11.1. The average Bonchev–Trinajstić information content (AvgIpc) is 2.82. The number of nitrogens with two attached hydrogens (primary N) is 1. The summed E-state index contributed by atoms with van der Waals surface area (Å²) in [7, 11) is 0. The van der Waals surface area contributed by atoms with Gasteiger partial charge in [0.05, 0.1) is 6.20 Å². The predicted molar refractivity (Wildman–Crippen MR) is 64.6 cm³/mol. The lowest BCUT2D eigenvalue weighted by Crippen LogP contribution is -2.12. The molecule has 0 aliphatic rings. The maximum Gasteiger partial charge on any atom is 0.277 e. The molecule has 2 aromatic rings. The molecule has 1 aromatic heterocycles. The summed E-state index contributed by atoms with van der Waals surface area (Å²) >= 11 is 0. The van der Waals surface area contributed by atoms with Gasteiger partial charge in [-0.1, -0.05) is 13.0 Å². The van der Waals surface area contributed by atoms with Gasteiger partial charge in [-0.2, -0.15) is 15.4 Å². The van der Waals surface area contributed by atoms with Crippen LogP contribution in [-0.4, -0.2) is 21.3 Å². The van der Waals surface area contributed by atoms with E-state index in [2.05, 4.69) is 20.7 Å². The van der Waals surface area contributed by atoms with Crippen molar-refractivity contribution in [2.75, 3.05) is 11.1 Å². The molecule has 0 saturated heterocycles. The highest BCUT2D eigenvalue weighted by molar-refractivity contribution is 6.02. The maximum atomic E-state index is 11.7. The number of aromatic nitrogens is 3. The average molecular weight is 231 g/mol. The van der Waals surface area contributed by atoms with E-state index in [-0.39, 0.29) is 11.6 Å². The molecule has 88 valence electrons. The molecule has 17 heavy (non-hydrogen) atoms. The Hall–Kier alpha value is -2.37. The third-order valence-electron chi connectivity index (χ3n) is 2.43. The second-order valence-corrected chi connectivity index (χ2v) is 3.58. The number of hydrogen-bond acceptors (Lipinski definition) is 4. The number of nitrogens with one attached hydrogen (secondary N) is 2. The van der Waals surface area contributed by atoms with E-state index in [1.165, 1.54) is 6.20 Å². The van der Waals surface area contributed by atoms with Crippen molar-refractivity contribution in [2.45, 2.75) is 13.3 Å². The molecule has 6 heteroatoms. The zero-order valence-electron chi connectivity index (χ0n) is 9.40. The van der Waals surface area contributed by atoms with Gasteiger partial charge in [-0.3, -0.25) is 4.79 Å². The Kier molecular flexibility index (Phi) is 3.04. The lowest BCUT2D eigenvalue weighted by atomic mass is 10.1. The SMILES string of the molecule is CCc1ccc(NC(=O)c2cn[nH]n2)cc1N. The molecule has 1 heterocycles. The van der Waals surface area contributed by atoms with Gasteiger partial charge in [-0.05, 0) is 24.1 Å². The van der Waals surface area contributed by atoms with Crippen LogP contribution in [0, 0.1) is 0 Å². The lowest BCUT2D eigenvalue weighted by Gasteiger charge is -2.07. The topological polar surface area (TPSA) is 96.7 Å². The van der Waals surface area contributed by atoms with Gasteiger partial charge >= 0.3 is 0 Å². The minimum atomic E-state index is -0.317. The minimum absolute atomic E-state index is 0.239. The monoisotopic (exact) mass is 231 g/mol. The number of nitrogens with zero attached hydrogens (tertiary/aromatic N) is 2. The third-order valence-corrected chi connectivity index (χ3v) is 2.43. The highest BCUT2D eigenvalue weighted by Gasteiger charge is 2.09. The molecule has 0 radical (unpaired) electrons. The number of carbonyl (C=O) groups excluding carboxylic acids is 1. The highest BCUT2D eigenvalue weighted by Crippen LogP contribution is 2.18. The Balaban J connectivity index is 2.14. The normalized spacial score (nSPS) is 10.2. The zero-order valence-corrected chi connectivity index (χ0v) is 9.40. The largest absolute Gasteiger partial charge is 0.398 e. The van der Waals surface area contributed by atoms with Crippen molar-refractivity contribution in [3.63, 3.8) is 0 Å². The Morgan fingerprint density at radius 1 is 1.53 bits per heavy atom. The molecule has 0 spiro atoms. The van der Waals surface area contributed by atoms with Crippen LogP contribution in [0.15, 0.2) is 24.4 Å². The number of nitrogen functional groups attached to an aromatic ring is 1. The number of aromatic amines is 1. The van der Waals surface area contributed by atoms with Gasteiger partial charge in [0.2, 0.25) is 0 Å². The second kappa shape index (κ2) is 4.65. The van der Waals surface area contributed by atoms with E-state index in [0.717, 1.165) is 12.0 Å². The molecule has 0 aliphatic carbocycles. The Morgan fingerprint density at radius 3 is 2.94 bits per heavy atom. The van der Waals surface area contributed by atoms with Crippen LogP contribution in [0.4, 0.5) is 11.4 Å². The van der Waals surface area contributed by atoms with Gasteiger partial charge < -0.3 is 11.1 Å². The molecular formula is C11H13N5O. The molecule has 0 unspecified atom stereocenters. The van der Waals surface area contributed by atoms with E-state index in [1.54, 1.807) is 6.07 Å². The van der Waals surface area contributed by atoms with Gasteiger partial charge in [0.1, 0.15) is 0 Å². The van der Waals surface area contributed by atoms with Gasteiger partial charge in [-0.25, -0.2) is 0 Å². The summed E-state index contributed by atoms with van der Waals surface area (Å²) in [6, 6.07) is 5.44. The van der Waals surface area contributed by atoms with Crippen LogP contribution in [0.2, 0.25) is 0 Å². The minimum Gasteiger partial charge on any atom is -0.398 e. The van der Waals surface area contributed by atoms with Crippen molar-refractivity contribution in [3.8, 4) is 0 Å². The summed E-state index contributed by atoms with van der Waals surface area (Å²) in [5.74, 6) is -0.317. The van der Waals surface area contributed by atoms with E-state index >= 15 is 0 Å². The number of amides is 1. The predicted octanol–water partition coefficient (Wildman–Crippen LogP) is 1.20. The number of aryl methyl sites for hydroxylation is 1. The van der Waals surface area contributed by atoms with Crippen LogP contribution in [0.3, 0.4) is 0 Å². The van der Waals surface area contributed by atoms with Crippen molar-refractivity contribution in [1.29, 1.82) is 0 Å². The first-order valence-corrected chi connectivity index (χ1v) is 5.26. The van der Waals surface area contributed by atoms with Crippen LogP contribution < -0.4 is 11.1 Å². The fourth-order valence-corrected chi connectivity index (χ4v) is 1.50. The van der Waals surface area contributed by atoms with Crippen molar-refractivity contribution < 1.29 is 4.79 Å². The van der Waals surface area contributed by atoms with Gasteiger partial charge in [0.15, 0.2) is 5.69 Å². The lowest BCUT2D eigenvalue weighted by molar-refractivity contribution is 0.102. The van der Waals surface area contributed by atoms with Crippen LogP contribution >= 0.6 is 0 Å². The van der Waals surface area contributed by atoms with E-state index < -0.39 is 0 Å². The number of rotatable bonds is 3. The summed E-state index contributed by atoms with van der Waals surface area (Å²) in [5.41, 5.74) is 8.46. The van der Waals surface area contributed by atoms with Crippen molar-refractivity contribution in [2.24, 2.45) is 0 Å². The number of benzene rings is 1. The van der Waals surface area contributed by atoms with Crippen LogP contribution in [0.1, 0.15) is 23.0 Å². The van der Waals surface area contributed by atoms with Gasteiger partial charge in [0.25, 0.3) is 5.91 Å². The highest BCUT2D eigenvalue weighted by atomic mass is 16.2. The summed E-state index contributed by atoms with van der Waals surface area (Å²) < 4.78 is 0. The summed E-state index contributed by atoms with van der Waals surface area (Å²) in [5, 5.41) is 12.3. The molecule has 0 aliphatic heterocycles. The maximum absolute atomic E-state index is 11.7. The van der Waals surface area contributed by atoms with Crippen LogP contribution in [0.5, 0.6) is 0 Å². The van der Waals surface area contributed by atoms with Gasteiger partial charge in [-0.15, -0.1) is 0 Å². The molecule has 0 fully saturated rings. The first-order chi connectivity index (χ1) is 8.20. The fraction of sp³-hybridized carbons (Fsp3) is 0.182. The molecular weight excluding hydrogens is 218 g/mol. The standard InChI is InChI=1S/C11H13N5O/c1-2-7-3-4-8(5-9(7)12)14-11(17)10-6-13-16-15-10/h3-6H,2,12H2,1H3,(H,14,17)(H,13,15,16). The molecule has 2 rings (SSSR count). The molecule has 0 bridgehead atoms. The van der Waals surface area contributed by atoms with Crippen LogP contribution in [-0.2, 0) is 6.42 Å². The van der Waals surface area contributed by atoms with E-state index in [1.807, 2.05) is 19.1 Å². The van der Waals surface area contributed by atoms with E-state index in [4.69, 9.17) is 5.73 Å². The first-order valence-electron chi connectivity index (χ1n) is 5.26. The number of carbonyl (C=O) groups is 1. The summed E-state index contributed by atoms with van der Waals surface area (Å²) in [6.07, 6.45) is 2.22. The fourth-order valence-electron chi connectivity index (χ4n) is 1.50. The molecule has 6 nitrogen and oxygen atoms in total. The van der Waals surface area contributed by atoms with Gasteiger partial charge in [0, 0.05) is 11.4 Å². The van der Waals surface area contributed by atoms with E-state index in [0.29, 0.717) is 11.4 Å². The number of hydrogen-bond donors (Lipinski definition) is 3. The van der Waals surface area contributed by atoms with Crippen molar-refractivity contribution in [3.05, 3.63) is 35.7 Å². The molecule has 0 atom stereocenters. The quantitative estimate of drug-likeness (QED) is 0.691. The molecule has 0 saturated carbocycles. The van der Waals surface area contributed by atoms with E-state index in [9.17, 15) is 4.79 Å². The number of H-pyrrole nitrogens is 1. The smallest absolute Gasteiger partial charge is 0.277 e. The van der Waals surface area contributed by atoms with Crippen LogP contribution in [0.25, 0.3) is 0 Å². The Bertz CT molecular complexity index is 521. The Labute approximate surface area is 98.2 Å². The number of anilines is 2. The Morgan fingerprint density at radius 2 is 2.35 bits per heavy atom.